The summed E-state index contributed by atoms with van der Waals surface area (Å²) in [5.74, 6) is 0.903. The summed E-state index contributed by atoms with van der Waals surface area (Å²) in [4.78, 5) is 13.4. The second kappa shape index (κ2) is 4.68. The molecule has 0 aliphatic heterocycles. The number of ether oxygens (including phenoxy) is 2. The fourth-order valence-corrected chi connectivity index (χ4v) is 4.51. The summed E-state index contributed by atoms with van der Waals surface area (Å²) < 4.78 is 11.6. The summed E-state index contributed by atoms with van der Waals surface area (Å²) in [6.07, 6.45) is 1.42. The molecule has 0 fully saturated rings. The van der Waals surface area contributed by atoms with Gasteiger partial charge in [0.2, 0.25) is 0 Å². The molecule has 2 aromatic rings. The molecule has 0 aromatic heterocycles. The van der Waals surface area contributed by atoms with Gasteiger partial charge in [-0.05, 0) is 37.0 Å². The third-order valence-electron chi connectivity index (χ3n) is 5.83. The van der Waals surface area contributed by atoms with Crippen molar-refractivity contribution in [3.63, 3.8) is 0 Å². The lowest BCUT2D eigenvalue weighted by Crippen LogP contribution is -2.46. The van der Waals surface area contributed by atoms with E-state index < -0.39 is 11.0 Å². The van der Waals surface area contributed by atoms with E-state index >= 15 is 0 Å². The highest BCUT2D eigenvalue weighted by Gasteiger charge is 2.64. The fraction of sp³-hybridized carbons (Fsp3) is 0.350. The number of rotatable bonds is 2. The Morgan fingerprint density at radius 1 is 0.957 bits per heavy atom. The smallest absolute Gasteiger partial charge is 0.173 e. The third-order valence-corrected chi connectivity index (χ3v) is 5.83. The number of Topliss-reactive ketones (excluding diaryl/α,β-unsaturated/α-hetero) is 1. The second-order valence-electron chi connectivity index (χ2n) is 6.65. The van der Waals surface area contributed by atoms with Crippen LogP contribution in [0.2, 0.25) is 0 Å². The zero-order chi connectivity index (χ0) is 16.2. The van der Waals surface area contributed by atoms with Crippen LogP contribution in [-0.4, -0.2) is 20.0 Å². The molecule has 0 radical (unpaired) electrons. The van der Waals surface area contributed by atoms with Gasteiger partial charge in [0.05, 0.1) is 12.5 Å². The van der Waals surface area contributed by atoms with E-state index in [1.165, 1.54) is 11.1 Å². The van der Waals surface area contributed by atoms with Crippen LogP contribution in [0.4, 0.5) is 0 Å². The maximum Gasteiger partial charge on any atom is 0.173 e. The normalized spacial score (nSPS) is 23.9. The minimum Gasteiger partial charge on any atom is -0.496 e. The van der Waals surface area contributed by atoms with E-state index in [4.69, 9.17) is 9.47 Å². The fourth-order valence-electron chi connectivity index (χ4n) is 4.51. The average molecular weight is 308 g/mol. The molecule has 1 atom stereocenters. The van der Waals surface area contributed by atoms with Crippen LogP contribution in [-0.2, 0) is 23.2 Å². The molecule has 3 nitrogen and oxygen atoms in total. The lowest BCUT2D eigenvalue weighted by Gasteiger charge is -2.39. The van der Waals surface area contributed by atoms with Crippen LogP contribution >= 0.6 is 0 Å². The van der Waals surface area contributed by atoms with Gasteiger partial charge < -0.3 is 9.47 Å². The highest BCUT2D eigenvalue weighted by Crippen LogP contribution is 2.60. The predicted octanol–water partition coefficient (Wildman–Crippen LogP) is 3.54. The molecule has 2 aliphatic carbocycles. The molecule has 0 saturated heterocycles. The van der Waals surface area contributed by atoms with Gasteiger partial charge in [0.15, 0.2) is 5.78 Å². The van der Waals surface area contributed by atoms with Crippen LogP contribution in [0.15, 0.2) is 42.5 Å². The standard InChI is InChI=1S/C20H20O3/c1-19(23-3)17-15(9-6-10-16(17)22-2)18(21)20(19)11-13-7-4-5-8-14(13)12-20/h4-10H,11-12H2,1-3H3. The summed E-state index contributed by atoms with van der Waals surface area (Å²) in [5.41, 5.74) is 2.85. The molecule has 0 bridgehead atoms. The Hall–Kier alpha value is -2.13. The summed E-state index contributed by atoms with van der Waals surface area (Å²) in [6, 6.07) is 14.0. The van der Waals surface area contributed by atoms with Gasteiger partial charge in [-0.25, -0.2) is 0 Å². The zero-order valence-electron chi connectivity index (χ0n) is 13.7. The summed E-state index contributed by atoms with van der Waals surface area (Å²) >= 11 is 0. The van der Waals surface area contributed by atoms with Gasteiger partial charge in [-0.2, -0.15) is 0 Å². The molecule has 0 amide bonds. The van der Waals surface area contributed by atoms with Crippen molar-refractivity contribution in [1.29, 1.82) is 0 Å². The molecule has 2 aromatic carbocycles. The lowest BCUT2D eigenvalue weighted by atomic mass is 9.70. The molecular weight excluding hydrogens is 288 g/mol. The maximum atomic E-state index is 13.4. The minimum atomic E-state index is -0.689. The highest BCUT2D eigenvalue weighted by molar-refractivity contribution is 6.08. The van der Waals surface area contributed by atoms with Crippen LogP contribution in [0.25, 0.3) is 0 Å². The number of hydrogen-bond acceptors (Lipinski definition) is 3. The highest BCUT2D eigenvalue weighted by atomic mass is 16.5. The Bertz CT molecular complexity index is 783. The van der Waals surface area contributed by atoms with E-state index in [1.54, 1.807) is 14.2 Å². The second-order valence-corrected chi connectivity index (χ2v) is 6.65. The van der Waals surface area contributed by atoms with Gasteiger partial charge in [-0.3, -0.25) is 4.79 Å². The topological polar surface area (TPSA) is 35.5 Å². The summed E-state index contributed by atoms with van der Waals surface area (Å²) in [6.45, 7) is 2.03. The van der Waals surface area contributed by atoms with E-state index in [-0.39, 0.29) is 5.78 Å². The van der Waals surface area contributed by atoms with Crippen molar-refractivity contribution in [3.05, 3.63) is 64.7 Å². The van der Waals surface area contributed by atoms with E-state index in [2.05, 4.69) is 12.1 Å². The largest absolute Gasteiger partial charge is 0.496 e. The van der Waals surface area contributed by atoms with E-state index in [0.717, 1.165) is 16.9 Å². The van der Waals surface area contributed by atoms with E-state index in [1.807, 2.05) is 37.3 Å². The maximum absolute atomic E-state index is 13.4. The van der Waals surface area contributed by atoms with Gasteiger partial charge in [0.1, 0.15) is 11.4 Å². The number of carbonyl (C=O) groups is 1. The molecule has 118 valence electrons. The van der Waals surface area contributed by atoms with Crippen molar-refractivity contribution in [1.82, 2.24) is 0 Å². The van der Waals surface area contributed by atoms with Crippen molar-refractivity contribution < 1.29 is 14.3 Å². The Kier molecular flexibility index (Phi) is 2.94. The first-order chi connectivity index (χ1) is 11.1. The average Bonchev–Trinajstić information content (AvgIpc) is 3.07. The van der Waals surface area contributed by atoms with Gasteiger partial charge in [-0.15, -0.1) is 0 Å². The Labute approximate surface area is 136 Å². The molecule has 0 heterocycles. The van der Waals surface area contributed by atoms with E-state index in [9.17, 15) is 4.79 Å². The van der Waals surface area contributed by atoms with Crippen LogP contribution in [0.5, 0.6) is 5.75 Å². The van der Waals surface area contributed by atoms with Crippen molar-refractivity contribution in [3.8, 4) is 5.75 Å². The van der Waals surface area contributed by atoms with Crippen LogP contribution in [0.3, 0.4) is 0 Å². The molecule has 1 spiro atoms. The van der Waals surface area contributed by atoms with Crippen molar-refractivity contribution in [2.75, 3.05) is 14.2 Å². The van der Waals surface area contributed by atoms with Gasteiger partial charge in [0, 0.05) is 18.2 Å². The predicted molar refractivity (Wildman–Crippen MR) is 88.0 cm³/mol. The number of fused-ring (bicyclic) bond motifs is 2. The number of methoxy groups -OCH3 is 2. The SMILES string of the molecule is COc1cccc2c1C(C)(OC)C1(Cc3ccccc3C1)C2=O. The first-order valence-corrected chi connectivity index (χ1v) is 7.91. The Balaban J connectivity index is 1.96. The lowest BCUT2D eigenvalue weighted by molar-refractivity contribution is -0.0779. The van der Waals surface area contributed by atoms with Crippen molar-refractivity contribution >= 4 is 5.78 Å². The molecule has 23 heavy (non-hydrogen) atoms. The molecule has 0 N–H and O–H groups in total. The minimum absolute atomic E-state index is 0.173. The monoisotopic (exact) mass is 308 g/mol. The summed E-state index contributed by atoms with van der Waals surface area (Å²) in [7, 11) is 3.34. The van der Waals surface area contributed by atoms with Gasteiger partial charge >= 0.3 is 0 Å². The molecule has 1 unspecified atom stereocenters. The van der Waals surface area contributed by atoms with Gasteiger partial charge in [-0.1, -0.05) is 36.4 Å². The van der Waals surface area contributed by atoms with Crippen molar-refractivity contribution in [2.24, 2.45) is 5.41 Å². The molecular formula is C20H20O3. The first kappa shape index (κ1) is 14.5. The van der Waals surface area contributed by atoms with Crippen molar-refractivity contribution in [2.45, 2.75) is 25.4 Å². The third kappa shape index (κ3) is 1.61. The molecule has 3 heteroatoms. The number of benzene rings is 2. The van der Waals surface area contributed by atoms with Gasteiger partial charge in [0.25, 0.3) is 0 Å². The number of ketones is 1. The molecule has 2 aliphatic rings. The summed E-state index contributed by atoms with van der Waals surface area (Å²) in [5, 5.41) is 0. The zero-order valence-corrected chi connectivity index (χ0v) is 13.7. The molecule has 0 saturated carbocycles. The quantitative estimate of drug-likeness (QED) is 0.851. The molecule has 4 rings (SSSR count). The Morgan fingerprint density at radius 3 is 2.17 bits per heavy atom. The van der Waals surface area contributed by atoms with Crippen LogP contribution in [0.1, 0.15) is 34.0 Å². The number of hydrogen-bond donors (Lipinski definition) is 0. The van der Waals surface area contributed by atoms with E-state index in [0.29, 0.717) is 12.8 Å². The van der Waals surface area contributed by atoms with Crippen LogP contribution < -0.4 is 4.74 Å². The Morgan fingerprint density at radius 2 is 1.61 bits per heavy atom. The number of carbonyl (C=O) groups excluding carboxylic acids is 1. The van der Waals surface area contributed by atoms with Crippen LogP contribution in [0, 0.1) is 5.41 Å². The first-order valence-electron chi connectivity index (χ1n) is 7.91.